The van der Waals surface area contributed by atoms with Crippen LogP contribution in [0, 0.1) is 12.3 Å². The average Bonchev–Trinajstić information content (AvgIpc) is 2.47. The molecule has 0 saturated carbocycles. The molecule has 2 N–H and O–H groups in total. The molecule has 0 heterocycles. The molecule has 112 valence electrons. The van der Waals surface area contributed by atoms with Crippen molar-refractivity contribution in [1.29, 1.82) is 0 Å². The van der Waals surface area contributed by atoms with Gasteiger partial charge in [0.2, 0.25) is 5.91 Å². The fourth-order valence-corrected chi connectivity index (χ4v) is 2.15. The summed E-state index contributed by atoms with van der Waals surface area (Å²) in [5.41, 5.74) is -0.641. The molecule has 2 atom stereocenters. The molecule has 0 spiro atoms. The lowest BCUT2D eigenvalue weighted by Gasteiger charge is -2.26. The number of rotatable bonds is 7. The van der Waals surface area contributed by atoms with E-state index >= 15 is 0 Å². The van der Waals surface area contributed by atoms with Gasteiger partial charge in [-0.2, -0.15) is 0 Å². The Morgan fingerprint density at radius 2 is 2.00 bits per heavy atom. The van der Waals surface area contributed by atoms with Crippen LogP contribution in [0.2, 0.25) is 0 Å². The van der Waals surface area contributed by atoms with Gasteiger partial charge in [0, 0.05) is 18.9 Å². The van der Waals surface area contributed by atoms with Gasteiger partial charge in [-0.15, -0.1) is 12.3 Å². The third-order valence-corrected chi connectivity index (χ3v) is 3.62. The summed E-state index contributed by atoms with van der Waals surface area (Å²) >= 11 is 0. The Labute approximate surface area is 125 Å². The van der Waals surface area contributed by atoms with Crippen LogP contribution in [0.3, 0.4) is 0 Å². The number of hydrogen-bond donors (Lipinski definition) is 2. The van der Waals surface area contributed by atoms with Gasteiger partial charge < -0.3 is 10.4 Å². The highest BCUT2D eigenvalue weighted by molar-refractivity contribution is 5.89. The van der Waals surface area contributed by atoms with Crippen LogP contribution in [0.15, 0.2) is 30.3 Å². The van der Waals surface area contributed by atoms with Crippen molar-refractivity contribution in [3.05, 3.63) is 35.9 Å². The Balaban J connectivity index is 2.87. The summed E-state index contributed by atoms with van der Waals surface area (Å²) in [6.07, 6.45) is 6.29. The van der Waals surface area contributed by atoms with Crippen molar-refractivity contribution in [2.24, 2.45) is 0 Å². The molecule has 0 radical (unpaired) electrons. The molecule has 1 amide bonds. The first-order valence-corrected chi connectivity index (χ1v) is 6.95. The number of carboxylic acid groups (broad SMARTS) is 1. The van der Waals surface area contributed by atoms with E-state index in [0.717, 1.165) is 0 Å². The molecule has 0 aliphatic carbocycles. The Morgan fingerprint density at radius 1 is 1.38 bits per heavy atom. The normalized spacial score (nSPS) is 14.5. The third kappa shape index (κ3) is 4.35. The number of benzene rings is 1. The minimum atomic E-state index is -1.25. The Hall–Kier alpha value is -2.28. The quantitative estimate of drug-likeness (QED) is 0.756. The van der Waals surface area contributed by atoms with Gasteiger partial charge in [0.15, 0.2) is 0 Å². The molecule has 0 aliphatic heterocycles. The SMILES string of the molecule is C#CCC(CC)NC(=O)CC(C)(C(=O)O)c1ccccc1. The zero-order valence-electron chi connectivity index (χ0n) is 12.4. The van der Waals surface area contributed by atoms with Gasteiger partial charge in [0.05, 0.1) is 5.41 Å². The van der Waals surface area contributed by atoms with E-state index in [1.165, 1.54) is 0 Å². The Morgan fingerprint density at radius 3 is 2.48 bits per heavy atom. The molecule has 0 aromatic heterocycles. The van der Waals surface area contributed by atoms with Crippen LogP contribution in [0.4, 0.5) is 0 Å². The van der Waals surface area contributed by atoms with E-state index in [0.29, 0.717) is 18.4 Å². The zero-order chi connectivity index (χ0) is 15.9. The van der Waals surface area contributed by atoms with E-state index in [1.54, 1.807) is 31.2 Å². The number of nitrogens with one attached hydrogen (secondary N) is 1. The highest BCUT2D eigenvalue weighted by Crippen LogP contribution is 2.28. The maximum Gasteiger partial charge on any atom is 0.314 e. The topological polar surface area (TPSA) is 66.4 Å². The fourth-order valence-electron chi connectivity index (χ4n) is 2.15. The second kappa shape index (κ2) is 7.49. The predicted molar refractivity (Wildman–Crippen MR) is 81.7 cm³/mol. The summed E-state index contributed by atoms with van der Waals surface area (Å²) in [5.74, 6) is 1.19. The number of terminal acetylenes is 1. The maximum atomic E-state index is 12.1. The van der Waals surface area contributed by atoms with Gasteiger partial charge in [0.25, 0.3) is 0 Å². The molecule has 4 heteroatoms. The summed E-state index contributed by atoms with van der Waals surface area (Å²) in [4.78, 5) is 23.8. The van der Waals surface area contributed by atoms with Crippen LogP contribution in [0.25, 0.3) is 0 Å². The second-order valence-electron chi connectivity index (χ2n) is 5.26. The van der Waals surface area contributed by atoms with Crippen molar-refractivity contribution in [3.8, 4) is 12.3 Å². The standard InChI is InChI=1S/C17H21NO3/c1-4-9-14(5-2)18-15(19)12-17(3,16(20)21)13-10-7-6-8-11-13/h1,6-8,10-11,14H,5,9,12H2,2-3H3,(H,18,19)(H,20,21). The third-order valence-electron chi connectivity index (χ3n) is 3.62. The number of aliphatic carboxylic acids is 1. The molecular formula is C17H21NO3. The second-order valence-corrected chi connectivity index (χ2v) is 5.26. The predicted octanol–water partition coefficient (Wildman–Crippen LogP) is 2.34. The van der Waals surface area contributed by atoms with Crippen molar-refractivity contribution < 1.29 is 14.7 Å². The molecule has 2 unspecified atom stereocenters. The lowest BCUT2D eigenvalue weighted by Crippen LogP contribution is -2.42. The van der Waals surface area contributed by atoms with E-state index < -0.39 is 11.4 Å². The molecule has 0 fully saturated rings. The highest BCUT2D eigenvalue weighted by Gasteiger charge is 2.37. The largest absolute Gasteiger partial charge is 0.481 e. The smallest absolute Gasteiger partial charge is 0.314 e. The van der Waals surface area contributed by atoms with Gasteiger partial charge >= 0.3 is 5.97 Å². The van der Waals surface area contributed by atoms with Crippen LogP contribution >= 0.6 is 0 Å². The Bertz CT molecular complexity index is 533. The minimum Gasteiger partial charge on any atom is -0.481 e. The van der Waals surface area contributed by atoms with E-state index in [4.69, 9.17) is 6.42 Å². The van der Waals surface area contributed by atoms with Crippen molar-refractivity contribution in [1.82, 2.24) is 5.32 Å². The van der Waals surface area contributed by atoms with Crippen LogP contribution in [0.1, 0.15) is 38.7 Å². The lowest BCUT2D eigenvalue weighted by molar-refractivity contribution is -0.145. The Kier molecular flexibility index (Phi) is 5.98. The maximum absolute atomic E-state index is 12.1. The van der Waals surface area contributed by atoms with E-state index in [1.807, 2.05) is 13.0 Å². The first-order valence-electron chi connectivity index (χ1n) is 6.95. The zero-order valence-corrected chi connectivity index (χ0v) is 12.4. The summed E-state index contributed by atoms with van der Waals surface area (Å²) in [5, 5.41) is 12.3. The number of carboxylic acids is 1. The molecule has 4 nitrogen and oxygen atoms in total. The van der Waals surface area contributed by atoms with Gasteiger partial charge in [-0.05, 0) is 18.9 Å². The molecular weight excluding hydrogens is 266 g/mol. The van der Waals surface area contributed by atoms with Gasteiger partial charge in [-0.1, -0.05) is 37.3 Å². The molecule has 21 heavy (non-hydrogen) atoms. The molecule has 0 aliphatic rings. The van der Waals surface area contributed by atoms with Crippen LogP contribution in [0.5, 0.6) is 0 Å². The molecule has 1 aromatic rings. The number of carbonyl (C=O) groups excluding carboxylic acids is 1. The van der Waals surface area contributed by atoms with Gasteiger partial charge in [-0.3, -0.25) is 9.59 Å². The highest BCUT2D eigenvalue weighted by atomic mass is 16.4. The van der Waals surface area contributed by atoms with Crippen LogP contribution in [-0.2, 0) is 15.0 Å². The van der Waals surface area contributed by atoms with Gasteiger partial charge in [0.1, 0.15) is 0 Å². The van der Waals surface area contributed by atoms with E-state index in [-0.39, 0.29) is 18.4 Å². The molecule has 1 rings (SSSR count). The number of hydrogen-bond acceptors (Lipinski definition) is 2. The summed E-state index contributed by atoms with van der Waals surface area (Å²) < 4.78 is 0. The lowest BCUT2D eigenvalue weighted by atomic mass is 9.79. The molecule has 1 aromatic carbocycles. The average molecular weight is 287 g/mol. The molecule has 0 bridgehead atoms. The monoisotopic (exact) mass is 287 g/mol. The molecule has 0 saturated heterocycles. The van der Waals surface area contributed by atoms with E-state index in [2.05, 4.69) is 11.2 Å². The first kappa shape index (κ1) is 16.8. The van der Waals surface area contributed by atoms with Crippen LogP contribution in [-0.4, -0.2) is 23.0 Å². The summed E-state index contributed by atoms with van der Waals surface area (Å²) in [6.45, 7) is 3.49. The van der Waals surface area contributed by atoms with Crippen molar-refractivity contribution in [2.75, 3.05) is 0 Å². The number of carbonyl (C=O) groups is 2. The summed E-state index contributed by atoms with van der Waals surface area (Å²) in [6, 6.07) is 8.67. The van der Waals surface area contributed by atoms with Crippen molar-refractivity contribution in [2.45, 2.75) is 44.6 Å². The first-order chi connectivity index (χ1) is 9.93. The van der Waals surface area contributed by atoms with Crippen molar-refractivity contribution >= 4 is 11.9 Å². The number of amides is 1. The van der Waals surface area contributed by atoms with E-state index in [9.17, 15) is 14.7 Å². The summed E-state index contributed by atoms with van der Waals surface area (Å²) in [7, 11) is 0. The van der Waals surface area contributed by atoms with Gasteiger partial charge in [-0.25, -0.2) is 0 Å². The fraction of sp³-hybridized carbons (Fsp3) is 0.412. The van der Waals surface area contributed by atoms with Crippen molar-refractivity contribution in [3.63, 3.8) is 0 Å². The minimum absolute atomic E-state index is 0.115. The van der Waals surface area contributed by atoms with Crippen LogP contribution < -0.4 is 5.32 Å².